The molecule has 3 heteroatoms. The largest absolute Gasteiger partial charge is 0.272 e. The molecule has 1 N–H and O–H groups in total. The minimum Gasteiger partial charge on any atom is -0.272 e. The summed E-state index contributed by atoms with van der Waals surface area (Å²) in [6.07, 6.45) is 6.24. The number of fused-ring (bicyclic) bond motifs is 1. The Labute approximate surface area is 129 Å². The van der Waals surface area contributed by atoms with Gasteiger partial charge in [0.1, 0.15) is 0 Å². The molecule has 0 unspecified atom stereocenters. The van der Waals surface area contributed by atoms with Gasteiger partial charge in [-0.25, -0.2) is 0 Å². The van der Waals surface area contributed by atoms with E-state index in [1.165, 1.54) is 16.7 Å². The van der Waals surface area contributed by atoms with Gasteiger partial charge in [-0.2, -0.15) is 5.54 Å². The third-order valence-corrected chi connectivity index (χ3v) is 4.11. The zero-order chi connectivity index (χ0) is 15.4. The van der Waals surface area contributed by atoms with Crippen molar-refractivity contribution in [2.45, 2.75) is 19.3 Å². The molecule has 2 aromatic rings. The van der Waals surface area contributed by atoms with Crippen LogP contribution in [0.3, 0.4) is 0 Å². The summed E-state index contributed by atoms with van der Waals surface area (Å²) in [5.74, 6) is -0.956. The third-order valence-electron chi connectivity index (χ3n) is 4.11. The molecule has 1 aliphatic carbocycles. The fraction of sp³-hybridized carbons (Fsp3) is 0.211. The molecular formula is C19H18FNO. The minimum absolute atomic E-state index is 0.403. The van der Waals surface area contributed by atoms with Gasteiger partial charge in [0.25, 0.3) is 5.91 Å². The Morgan fingerprint density at radius 1 is 1.09 bits per heavy atom. The molecule has 2 nitrogen and oxygen atoms in total. The SMILES string of the molecule is O=C(NF)[C@H](Cc1ccccc1)Cc1ccc2c(c1)CC=C2. The molecule has 0 heterocycles. The maximum Gasteiger partial charge on any atom is 0.251 e. The number of carbonyl (C=O) groups excluding carboxylic acids is 1. The summed E-state index contributed by atoms with van der Waals surface area (Å²) in [4.78, 5) is 11.9. The number of hydrogen-bond donors (Lipinski definition) is 1. The van der Waals surface area contributed by atoms with E-state index >= 15 is 0 Å². The van der Waals surface area contributed by atoms with E-state index in [4.69, 9.17) is 0 Å². The lowest BCUT2D eigenvalue weighted by Crippen LogP contribution is -2.28. The van der Waals surface area contributed by atoms with Crippen LogP contribution in [0.25, 0.3) is 6.08 Å². The summed E-state index contributed by atoms with van der Waals surface area (Å²) >= 11 is 0. The number of nitrogens with one attached hydrogen (secondary N) is 1. The van der Waals surface area contributed by atoms with Crippen molar-refractivity contribution in [3.8, 4) is 0 Å². The maximum atomic E-state index is 12.7. The summed E-state index contributed by atoms with van der Waals surface area (Å²) in [7, 11) is 0. The number of halogens is 1. The summed E-state index contributed by atoms with van der Waals surface area (Å²) in [6, 6.07) is 15.9. The molecule has 3 rings (SSSR count). The molecule has 0 radical (unpaired) electrons. The van der Waals surface area contributed by atoms with Crippen LogP contribution in [0.4, 0.5) is 4.48 Å². The monoisotopic (exact) mass is 295 g/mol. The zero-order valence-electron chi connectivity index (χ0n) is 12.3. The van der Waals surface area contributed by atoms with Crippen LogP contribution in [0.2, 0.25) is 0 Å². The van der Waals surface area contributed by atoms with Crippen molar-refractivity contribution in [3.63, 3.8) is 0 Å². The second-order valence-corrected chi connectivity index (χ2v) is 5.69. The number of hydrogen-bond acceptors (Lipinski definition) is 1. The van der Waals surface area contributed by atoms with Crippen LogP contribution in [0.5, 0.6) is 0 Å². The van der Waals surface area contributed by atoms with E-state index in [2.05, 4.69) is 24.3 Å². The van der Waals surface area contributed by atoms with Crippen LogP contribution in [-0.4, -0.2) is 5.91 Å². The van der Waals surface area contributed by atoms with E-state index in [9.17, 15) is 9.28 Å². The normalized spacial score (nSPS) is 13.7. The number of amides is 1. The molecule has 1 atom stereocenters. The van der Waals surface area contributed by atoms with Gasteiger partial charge in [-0.15, -0.1) is 4.48 Å². The first kappa shape index (κ1) is 14.5. The lowest BCUT2D eigenvalue weighted by atomic mass is 9.91. The Hall–Kier alpha value is -2.42. The second-order valence-electron chi connectivity index (χ2n) is 5.69. The van der Waals surface area contributed by atoms with Gasteiger partial charge in [0.15, 0.2) is 0 Å². The van der Waals surface area contributed by atoms with Crippen molar-refractivity contribution in [2.24, 2.45) is 5.92 Å². The van der Waals surface area contributed by atoms with E-state index in [-0.39, 0.29) is 0 Å². The quantitative estimate of drug-likeness (QED) is 0.838. The fourth-order valence-corrected chi connectivity index (χ4v) is 2.96. The first-order valence-corrected chi connectivity index (χ1v) is 7.49. The van der Waals surface area contributed by atoms with Crippen LogP contribution < -0.4 is 5.54 Å². The fourth-order valence-electron chi connectivity index (χ4n) is 2.96. The molecule has 1 aliphatic rings. The Bertz CT molecular complexity index is 694. The molecule has 112 valence electrons. The van der Waals surface area contributed by atoms with E-state index in [1.807, 2.05) is 36.4 Å². The van der Waals surface area contributed by atoms with E-state index in [0.717, 1.165) is 17.5 Å². The van der Waals surface area contributed by atoms with Crippen molar-refractivity contribution in [3.05, 3.63) is 76.9 Å². The molecule has 0 fully saturated rings. The van der Waals surface area contributed by atoms with Gasteiger partial charge < -0.3 is 0 Å². The first-order valence-electron chi connectivity index (χ1n) is 7.49. The highest BCUT2D eigenvalue weighted by molar-refractivity contribution is 5.78. The van der Waals surface area contributed by atoms with Crippen molar-refractivity contribution in [2.75, 3.05) is 0 Å². The smallest absolute Gasteiger partial charge is 0.251 e. The molecular weight excluding hydrogens is 277 g/mol. The molecule has 1 amide bonds. The van der Waals surface area contributed by atoms with Gasteiger partial charge >= 0.3 is 0 Å². The number of benzene rings is 2. The van der Waals surface area contributed by atoms with Gasteiger partial charge in [0.05, 0.1) is 0 Å². The number of carbonyl (C=O) groups is 1. The second kappa shape index (κ2) is 6.56. The van der Waals surface area contributed by atoms with Crippen molar-refractivity contribution < 1.29 is 9.28 Å². The van der Waals surface area contributed by atoms with Crippen molar-refractivity contribution in [1.82, 2.24) is 5.54 Å². The summed E-state index contributed by atoms with van der Waals surface area (Å²) in [5.41, 5.74) is 5.93. The summed E-state index contributed by atoms with van der Waals surface area (Å²) in [5, 5.41) is 0. The predicted molar refractivity (Wildman–Crippen MR) is 85.8 cm³/mol. The zero-order valence-corrected chi connectivity index (χ0v) is 12.3. The molecule has 0 saturated carbocycles. The first-order chi connectivity index (χ1) is 10.8. The van der Waals surface area contributed by atoms with Crippen LogP contribution in [-0.2, 0) is 24.1 Å². The molecule has 0 saturated heterocycles. The standard InChI is InChI=1S/C19H18FNO/c20-21-19(22)18(11-14-5-2-1-3-6-14)13-15-9-10-16-7-4-8-17(16)12-15/h1-7,9-10,12,18H,8,11,13H2,(H,21,22)/t18-/m1/s1. The Kier molecular flexibility index (Phi) is 4.33. The highest BCUT2D eigenvalue weighted by atomic mass is 19.2. The van der Waals surface area contributed by atoms with Crippen LogP contribution in [0.1, 0.15) is 22.3 Å². The topological polar surface area (TPSA) is 29.1 Å². The van der Waals surface area contributed by atoms with E-state index in [1.54, 1.807) is 0 Å². The molecule has 0 spiro atoms. The highest BCUT2D eigenvalue weighted by Gasteiger charge is 2.20. The lowest BCUT2D eigenvalue weighted by Gasteiger charge is -2.15. The average Bonchev–Trinajstić information content (AvgIpc) is 3.02. The Morgan fingerprint density at radius 2 is 1.86 bits per heavy atom. The minimum atomic E-state index is -0.553. The average molecular weight is 295 g/mol. The van der Waals surface area contributed by atoms with Gasteiger partial charge in [-0.05, 0) is 41.5 Å². The molecule has 0 bridgehead atoms. The van der Waals surface area contributed by atoms with Crippen LogP contribution >= 0.6 is 0 Å². The Balaban J connectivity index is 1.77. The predicted octanol–water partition coefficient (Wildman–Crippen LogP) is 3.66. The van der Waals surface area contributed by atoms with Gasteiger partial charge in [0.2, 0.25) is 0 Å². The van der Waals surface area contributed by atoms with Gasteiger partial charge in [-0.1, -0.05) is 60.7 Å². The van der Waals surface area contributed by atoms with Crippen LogP contribution in [0.15, 0.2) is 54.6 Å². The molecule has 0 aliphatic heterocycles. The van der Waals surface area contributed by atoms with Crippen molar-refractivity contribution >= 4 is 12.0 Å². The lowest BCUT2D eigenvalue weighted by molar-refractivity contribution is -0.129. The van der Waals surface area contributed by atoms with Gasteiger partial charge in [0, 0.05) is 5.92 Å². The third kappa shape index (κ3) is 3.25. The molecule has 0 aromatic heterocycles. The summed E-state index contributed by atoms with van der Waals surface area (Å²) < 4.78 is 12.7. The molecule has 2 aromatic carbocycles. The number of rotatable bonds is 5. The van der Waals surface area contributed by atoms with Crippen LogP contribution in [0, 0.1) is 5.92 Å². The van der Waals surface area contributed by atoms with Crippen molar-refractivity contribution in [1.29, 1.82) is 0 Å². The number of allylic oxidation sites excluding steroid dienone is 1. The van der Waals surface area contributed by atoms with E-state index < -0.39 is 11.8 Å². The van der Waals surface area contributed by atoms with E-state index in [0.29, 0.717) is 12.8 Å². The summed E-state index contributed by atoms with van der Waals surface area (Å²) in [6.45, 7) is 0. The van der Waals surface area contributed by atoms with Gasteiger partial charge in [-0.3, -0.25) is 4.79 Å². The highest BCUT2D eigenvalue weighted by Crippen LogP contribution is 2.23. The Morgan fingerprint density at radius 3 is 2.64 bits per heavy atom. The molecule has 22 heavy (non-hydrogen) atoms. The maximum absolute atomic E-state index is 12.7.